The minimum atomic E-state index is 0.429. The number of nitrogens with zero attached hydrogens (tertiary/aromatic N) is 1. The number of halogens is 1. The van der Waals surface area contributed by atoms with Crippen molar-refractivity contribution < 1.29 is 4.42 Å². The Morgan fingerprint density at radius 1 is 1.47 bits per heavy atom. The van der Waals surface area contributed by atoms with E-state index in [1.807, 2.05) is 6.07 Å². The van der Waals surface area contributed by atoms with E-state index in [2.05, 4.69) is 39.1 Å². The van der Waals surface area contributed by atoms with Gasteiger partial charge in [-0.25, -0.2) is 0 Å². The first kappa shape index (κ1) is 11.2. The van der Waals surface area contributed by atoms with E-state index in [0.29, 0.717) is 6.04 Å². The molecule has 1 fully saturated rings. The molecular weight excluding hydrogens is 256 g/mol. The molecule has 3 nitrogen and oxygen atoms in total. The highest BCUT2D eigenvalue weighted by molar-refractivity contribution is 9.10. The molecule has 0 radical (unpaired) electrons. The van der Waals surface area contributed by atoms with Crippen molar-refractivity contribution in [2.75, 3.05) is 26.2 Å². The SMILES string of the molecule is CCC(c1ccc(Br)o1)N1CCNCC1. The molecule has 0 spiro atoms. The van der Waals surface area contributed by atoms with Crippen molar-refractivity contribution in [3.63, 3.8) is 0 Å². The number of hydrogen-bond donors (Lipinski definition) is 1. The van der Waals surface area contributed by atoms with Crippen LogP contribution in [0.4, 0.5) is 0 Å². The van der Waals surface area contributed by atoms with E-state index in [0.717, 1.165) is 43.0 Å². The molecule has 0 saturated carbocycles. The second kappa shape index (κ2) is 5.14. The Kier molecular flexibility index (Phi) is 3.83. The molecule has 0 bridgehead atoms. The van der Waals surface area contributed by atoms with Crippen LogP contribution in [0.5, 0.6) is 0 Å². The lowest BCUT2D eigenvalue weighted by atomic mass is 10.1. The van der Waals surface area contributed by atoms with E-state index in [9.17, 15) is 0 Å². The zero-order valence-electron chi connectivity index (χ0n) is 9.00. The van der Waals surface area contributed by atoms with E-state index in [4.69, 9.17) is 4.42 Å². The zero-order valence-corrected chi connectivity index (χ0v) is 10.6. The normalized spacial score (nSPS) is 20.4. The first-order valence-corrected chi connectivity index (χ1v) is 6.30. The van der Waals surface area contributed by atoms with Crippen LogP contribution in [0.15, 0.2) is 21.2 Å². The molecule has 84 valence electrons. The second-order valence-electron chi connectivity index (χ2n) is 3.85. The van der Waals surface area contributed by atoms with Gasteiger partial charge in [0, 0.05) is 26.2 Å². The van der Waals surface area contributed by atoms with Crippen molar-refractivity contribution in [1.29, 1.82) is 0 Å². The average Bonchev–Trinajstić information content (AvgIpc) is 2.68. The lowest BCUT2D eigenvalue weighted by molar-refractivity contribution is 0.149. The fourth-order valence-electron chi connectivity index (χ4n) is 2.14. The Labute approximate surface area is 99.0 Å². The van der Waals surface area contributed by atoms with Crippen LogP contribution in [-0.4, -0.2) is 31.1 Å². The van der Waals surface area contributed by atoms with Gasteiger partial charge in [0.1, 0.15) is 5.76 Å². The van der Waals surface area contributed by atoms with Crippen LogP contribution < -0.4 is 5.32 Å². The van der Waals surface area contributed by atoms with Gasteiger partial charge < -0.3 is 9.73 Å². The Bertz CT molecular complexity index is 307. The van der Waals surface area contributed by atoms with Gasteiger partial charge in [-0.3, -0.25) is 4.90 Å². The lowest BCUT2D eigenvalue weighted by Crippen LogP contribution is -2.44. The van der Waals surface area contributed by atoms with Gasteiger partial charge >= 0.3 is 0 Å². The average molecular weight is 273 g/mol. The number of hydrogen-bond acceptors (Lipinski definition) is 3. The number of nitrogens with one attached hydrogen (secondary N) is 1. The largest absolute Gasteiger partial charge is 0.453 e. The lowest BCUT2D eigenvalue weighted by Gasteiger charge is -2.33. The van der Waals surface area contributed by atoms with Gasteiger partial charge in [-0.15, -0.1) is 0 Å². The van der Waals surface area contributed by atoms with Crippen molar-refractivity contribution >= 4 is 15.9 Å². The van der Waals surface area contributed by atoms with Crippen molar-refractivity contribution in [2.45, 2.75) is 19.4 Å². The summed E-state index contributed by atoms with van der Waals surface area (Å²) in [5, 5.41) is 3.37. The highest BCUT2D eigenvalue weighted by Gasteiger charge is 2.22. The van der Waals surface area contributed by atoms with E-state index >= 15 is 0 Å². The third kappa shape index (κ3) is 2.62. The molecule has 1 atom stereocenters. The van der Waals surface area contributed by atoms with Crippen molar-refractivity contribution in [2.24, 2.45) is 0 Å². The van der Waals surface area contributed by atoms with Crippen LogP contribution >= 0.6 is 15.9 Å². The smallest absolute Gasteiger partial charge is 0.169 e. The summed E-state index contributed by atoms with van der Waals surface area (Å²) in [6.45, 7) is 6.59. The Morgan fingerprint density at radius 3 is 2.73 bits per heavy atom. The first-order chi connectivity index (χ1) is 7.31. The van der Waals surface area contributed by atoms with Crippen LogP contribution in [0.25, 0.3) is 0 Å². The van der Waals surface area contributed by atoms with E-state index in [-0.39, 0.29) is 0 Å². The second-order valence-corrected chi connectivity index (χ2v) is 4.63. The van der Waals surface area contributed by atoms with Crippen LogP contribution in [-0.2, 0) is 0 Å². The summed E-state index contributed by atoms with van der Waals surface area (Å²) in [6.07, 6.45) is 1.10. The molecule has 2 heterocycles. The molecule has 2 rings (SSSR count). The fourth-order valence-corrected chi connectivity index (χ4v) is 2.46. The topological polar surface area (TPSA) is 28.4 Å². The van der Waals surface area contributed by atoms with Crippen molar-refractivity contribution in [3.8, 4) is 0 Å². The molecule has 1 aliphatic heterocycles. The van der Waals surface area contributed by atoms with Crippen LogP contribution in [0.2, 0.25) is 0 Å². The molecule has 0 amide bonds. The van der Waals surface area contributed by atoms with Gasteiger partial charge in [-0.2, -0.15) is 0 Å². The van der Waals surface area contributed by atoms with Gasteiger partial charge in [0.2, 0.25) is 0 Å². The van der Waals surface area contributed by atoms with E-state index in [1.165, 1.54) is 0 Å². The molecule has 1 aromatic rings. The highest BCUT2D eigenvalue weighted by atomic mass is 79.9. The van der Waals surface area contributed by atoms with E-state index in [1.54, 1.807) is 0 Å². The summed E-state index contributed by atoms with van der Waals surface area (Å²) < 4.78 is 6.47. The fraction of sp³-hybridized carbons (Fsp3) is 0.636. The highest BCUT2D eigenvalue weighted by Crippen LogP contribution is 2.27. The van der Waals surface area contributed by atoms with Gasteiger partial charge in [0.05, 0.1) is 6.04 Å². The molecule has 1 unspecified atom stereocenters. The molecule has 1 saturated heterocycles. The summed E-state index contributed by atoms with van der Waals surface area (Å²) in [6, 6.07) is 4.47. The standard InChI is InChI=1S/C11H17BrN2O/c1-2-9(10-3-4-11(12)15-10)14-7-5-13-6-8-14/h3-4,9,13H,2,5-8H2,1H3. The first-order valence-electron chi connectivity index (χ1n) is 5.51. The van der Waals surface area contributed by atoms with E-state index < -0.39 is 0 Å². The third-order valence-electron chi connectivity index (χ3n) is 2.90. The Balaban J connectivity index is 2.08. The third-order valence-corrected chi connectivity index (χ3v) is 3.33. The van der Waals surface area contributed by atoms with Crippen molar-refractivity contribution in [3.05, 3.63) is 22.6 Å². The Hall–Kier alpha value is -0.320. The number of rotatable bonds is 3. The number of furan rings is 1. The van der Waals surface area contributed by atoms with Gasteiger partial charge in [0.15, 0.2) is 4.67 Å². The molecule has 15 heavy (non-hydrogen) atoms. The summed E-state index contributed by atoms with van der Waals surface area (Å²) in [7, 11) is 0. The molecule has 0 aliphatic carbocycles. The molecule has 4 heteroatoms. The van der Waals surface area contributed by atoms with Gasteiger partial charge in [0.25, 0.3) is 0 Å². The number of piperazine rings is 1. The van der Waals surface area contributed by atoms with Crippen LogP contribution in [0, 0.1) is 0 Å². The maximum Gasteiger partial charge on any atom is 0.169 e. The van der Waals surface area contributed by atoms with Crippen molar-refractivity contribution in [1.82, 2.24) is 10.2 Å². The molecular formula is C11H17BrN2O. The summed E-state index contributed by atoms with van der Waals surface area (Å²) in [5.74, 6) is 1.08. The molecule has 0 aromatic carbocycles. The predicted molar refractivity (Wildman–Crippen MR) is 63.9 cm³/mol. The maximum absolute atomic E-state index is 5.64. The zero-order chi connectivity index (χ0) is 10.7. The summed E-state index contributed by atoms with van der Waals surface area (Å²) in [5.41, 5.74) is 0. The van der Waals surface area contributed by atoms with Gasteiger partial charge in [-0.1, -0.05) is 6.92 Å². The minimum absolute atomic E-state index is 0.429. The summed E-state index contributed by atoms with van der Waals surface area (Å²) >= 11 is 3.36. The maximum atomic E-state index is 5.64. The van der Waals surface area contributed by atoms with Crippen LogP contribution in [0.3, 0.4) is 0 Å². The molecule has 1 aromatic heterocycles. The summed E-state index contributed by atoms with van der Waals surface area (Å²) in [4.78, 5) is 2.49. The Morgan fingerprint density at radius 2 is 2.20 bits per heavy atom. The quantitative estimate of drug-likeness (QED) is 0.916. The van der Waals surface area contributed by atoms with Crippen LogP contribution in [0.1, 0.15) is 25.1 Å². The monoisotopic (exact) mass is 272 g/mol. The predicted octanol–water partition coefficient (Wildman–Crippen LogP) is 2.40. The molecule has 1 aliphatic rings. The minimum Gasteiger partial charge on any atom is -0.453 e. The van der Waals surface area contributed by atoms with Gasteiger partial charge in [-0.05, 0) is 34.5 Å². The molecule has 1 N–H and O–H groups in total.